The highest BCUT2D eigenvalue weighted by molar-refractivity contribution is 5.46. The summed E-state index contributed by atoms with van der Waals surface area (Å²) in [5, 5.41) is 10.0. The van der Waals surface area contributed by atoms with Crippen LogP contribution in [-0.4, -0.2) is 25.9 Å². The van der Waals surface area contributed by atoms with Crippen LogP contribution in [0.2, 0.25) is 0 Å². The Balaban J connectivity index is 2.88. The molecule has 0 radical (unpaired) electrons. The van der Waals surface area contributed by atoms with Gasteiger partial charge in [-0.3, -0.25) is 0 Å². The molecule has 0 spiro atoms. The second-order valence-electron chi connectivity index (χ2n) is 4.16. The summed E-state index contributed by atoms with van der Waals surface area (Å²) in [6.07, 6.45) is 2.11. The van der Waals surface area contributed by atoms with Crippen molar-refractivity contribution >= 4 is 0 Å². The number of hydrogen-bond donors (Lipinski definition) is 1. The molecule has 0 heterocycles. The van der Waals surface area contributed by atoms with E-state index in [0.717, 1.165) is 29.7 Å². The molecule has 1 aromatic carbocycles. The minimum absolute atomic E-state index is 0.224. The molecule has 0 aromatic heterocycles. The zero-order valence-corrected chi connectivity index (χ0v) is 11.4. The van der Waals surface area contributed by atoms with Crippen LogP contribution < -0.4 is 4.74 Å². The molecule has 0 unspecified atom stereocenters. The van der Waals surface area contributed by atoms with Crippen molar-refractivity contribution in [2.45, 2.75) is 33.0 Å². The van der Waals surface area contributed by atoms with Gasteiger partial charge >= 0.3 is 0 Å². The molecule has 0 fully saturated rings. The molecule has 1 aromatic rings. The highest BCUT2D eigenvalue weighted by atomic mass is 16.5. The monoisotopic (exact) mass is 254 g/mol. The number of phenolic OH excluding ortho intramolecular Hbond substituents is 1. The fraction of sp³-hybridized carbons (Fsp3) is 0.571. The molecule has 0 saturated carbocycles. The summed E-state index contributed by atoms with van der Waals surface area (Å²) in [4.78, 5) is 0. The van der Waals surface area contributed by atoms with Crippen molar-refractivity contribution in [1.82, 2.24) is 0 Å². The molecular formula is C14H22O4. The first-order valence-electron chi connectivity index (χ1n) is 6.18. The molecule has 0 aliphatic carbocycles. The number of methoxy groups -OCH3 is 2. The van der Waals surface area contributed by atoms with E-state index in [0.29, 0.717) is 19.8 Å². The Morgan fingerprint density at radius 2 is 1.61 bits per heavy atom. The number of unbranched alkanes of at least 4 members (excludes halogenated alkanes) is 1. The van der Waals surface area contributed by atoms with Gasteiger partial charge in [-0.15, -0.1) is 0 Å². The maximum atomic E-state index is 10.0. The minimum Gasteiger partial charge on any atom is -0.507 e. The highest BCUT2D eigenvalue weighted by Gasteiger charge is 2.10. The summed E-state index contributed by atoms with van der Waals surface area (Å²) in [6.45, 7) is 3.51. The van der Waals surface area contributed by atoms with E-state index >= 15 is 0 Å². The quantitative estimate of drug-likeness (QED) is 0.725. The number of hydrogen-bond acceptors (Lipinski definition) is 4. The molecule has 0 amide bonds. The van der Waals surface area contributed by atoms with Crippen LogP contribution in [0.4, 0.5) is 0 Å². The summed E-state index contributed by atoms with van der Waals surface area (Å²) >= 11 is 0. The maximum Gasteiger partial charge on any atom is 0.126 e. The molecule has 0 atom stereocenters. The van der Waals surface area contributed by atoms with Crippen LogP contribution in [0.3, 0.4) is 0 Å². The van der Waals surface area contributed by atoms with Crippen LogP contribution in [0, 0.1) is 0 Å². The molecule has 0 saturated heterocycles. The number of phenols is 1. The molecule has 18 heavy (non-hydrogen) atoms. The lowest BCUT2D eigenvalue weighted by molar-refractivity contribution is 0.173. The standard InChI is InChI=1S/C14H22O4/c1-4-5-6-18-13-7-11(9-16-2)14(15)12(8-13)10-17-3/h7-8,15H,4-6,9-10H2,1-3H3. The lowest BCUT2D eigenvalue weighted by Crippen LogP contribution is -2.00. The fourth-order valence-electron chi connectivity index (χ4n) is 1.68. The molecule has 4 nitrogen and oxygen atoms in total. The second-order valence-corrected chi connectivity index (χ2v) is 4.16. The minimum atomic E-state index is 0.224. The number of rotatable bonds is 8. The molecule has 0 aliphatic heterocycles. The van der Waals surface area contributed by atoms with Gasteiger partial charge in [0.1, 0.15) is 11.5 Å². The zero-order valence-electron chi connectivity index (χ0n) is 11.4. The normalized spacial score (nSPS) is 10.6. The molecule has 1 rings (SSSR count). The first-order valence-corrected chi connectivity index (χ1v) is 6.18. The van der Waals surface area contributed by atoms with Crippen LogP contribution >= 0.6 is 0 Å². The van der Waals surface area contributed by atoms with Crippen molar-refractivity contribution in [3.63, 3.8) is 0 Å². The summed E-state index contributed by atoms with van der Waals surface area (Å²) in [6, 6.07) is 3.63. The average Bonchev–Trinajstić information content (AvgIpc) is 2.35. The van der Waals surface area contributed by atoms with Gasteiger partial charge in [-0.05, 0) is 18.6 Å². The Labute approximate surface area is 108 Å². The third-order valence-electron chi connectivity index (χ3n) is 2.61. The summed E-state index contributed by atoms with van der Waals surface area (Å²) in [5.74, 6) is 0.974. The van der Waals surface area contributed by atoms with Gasteiger partial charge in [0.2, 0.25) is 0 Å². The summed E-state index contributed by atoms with van der Waals surface area (Å²) in [7, 11) is 3.19. The first-order chi connectivity index (χ1) is 8.72. The van der Waals surface area contributed by atoms with E-state index in [1.54, 1.807) is 14.2 Å². The number of benzene rings is 1. The van der Waals surface area contributed by atoms with Crippen LogP contribution in [0.1, 0.15) is 30.9 Å². The molecule has 0 bridgehead atoms. The number of ether oxygens (including phenoxy) is 3. The Bertz CT molecular complexity index is 336. The van der Waals surface area contributed by atoms with Gasteiger partial charge in [-0.25, -0.2) is 0 Å². The Morgan fingerprint density at radius 3 is 2.06 bits per heavy atom. The van der Waals surface area contributed by atoms with E-state index in [1.807, 2.05) is 12.1 Å². The zero-order chi connectivity index (χ0) is 13.4. The Kier molecular flexibility index (Phi) is 6.54. The molecule has 1 N–H and O–H groups in total. The van der Waals surface area contributed by atoms with Crippen molar-refractivity contribution in [3.05, 3.63) is 23.3 Å². The van der Waals surface area contributed by atoms with Crippen molar-refractivity contribution in [1.29, 1.82) is 0 Å². The summed E-state index contributed by atoms with van der Waals surface area (Å²) < 4.78 is 15.8. The molecular weight excluding hydrogens is 232 g/mol. The van der Waals surface area contributed by atoms with Gasteiger partial charge in [0.15, 0.2) is 0 Å². The summed E-state index contributed by atoms with van der Waals surface area (Å²) in [5.41, 5.74) is 1.44. The average molecular weight is 254 g/mol. The molecule has 102 valence electrons. The third kappa shape index (κ3) is 4.20. The van der Waals surface area contributed by atoms with Crippen LogP contribution in [0.15, 0.2) is 12.1 Å². The van der Waals surface area contributed by atoms with Gasteiger partial charge in [0.25, 0.3) is 0 Å². The van der Waals surface area contributed by atoms with Gasteiger partial charge in [-0.1, -0.05) is 13.3 Å². The fourth-order valence-corrected chi connectivity index (χ4v) is 1.68. The van der Waals surface area contributed by atoms with Gasteiger partial charge in [0, 0.05) is 25.3 Å². The van der Waals surface area contributed by atoms with Crippen molar-refractivity contribution in [2.24, 2.45) is 0 Å². The van der Waals surface area contributed by atoms with Crippen molar-refractivity contribution < 1.29 is 19.3 Å². The van der Waals surface area contributed by atoms with Crippen molar-refractivity contribution in [2.75, 3.05) is 20.8 Å². The van der Waals surface area contributed by atoms with Crippen LogP contribution in [-0.2, 0) is 22.7 Å². The largest absolute Gasteiger partial charge is 0.507 e. The second kappa shape index (κ2) is 7.95. The lowest BCUT2D eigenvalue weighted by atomic mass is 10.1. The molecule has 4 heteroatoms. The smallest absolute Gasteiger partial charge is 0.126 e. The predicted molar refractivity (Wildman–Crippen MR) is 69.9 cm³/mol. The van der Waals surface area contributed by atoms with Crippen LogP contribution in [0.5, 0.6) is 11.5 Å². The highest BCUT2D eigenvalue weighted by Crippen LogP contribution is 2.29. The Morgan fingerprint density at radius 1 is 1.06 bits per heavy atom. The van der Waals surface area contributed by atoms with Crippen LogP contribution in [0.25, 0.3) is 0 Å². The third-order valence-corrected chi connectivity index (χ3v) is 2.61. The number of aromatic hydroxyl groups is 1. The first kappa shape index (κ1) is 14.8. The topological polar surface area (TPSA) is 47.9 Å². The van der Waals surface area contributed by atoms with E-state index in [-0.39, 0.29) is 5.75 Å². The predicted octanol–water partition coefficient (Wildman–Crippen LogP) is 2.86. The van der Waals surface area contributed by atoms with E-state index in [1.165, 1.54) is 0 Å². The van der Waals surface area contributed by atoms with E-state index in [2.05, 4.69) is 6.92 Å². The van der Waals surface area contributed by atoms with Gasteiger partial charge in [0.05, 0.1) is 19.8 Å². The molecule has 0 aliphatic rings. The van der Waals surface area contributed by atoms with Gasteiger partial charge in [-0.2, -0.15) is 0 Å². The SMILES string of the molecule is CCCCOc1cc(COC)c(O)c(COC)c1. The lowest BCUT2D eigenvalue weighted by Gasteiger charge is -2.13. The van der Waals surface area contributed by atoms with E-state index < -0.39 is 0 Å². The van der Waals surface area contributed by atoms with Crippen molar-refractivity contribution in [3.8, 4) is 11.5 Å². The Hall–Kier alpha value is -1.26. The van der Waals surface area contributed by atoms with E-state index in [4.69, 9.17) is 14.2 Å². The maximum absolute atomic E-state index is 10.0. The van der Waals surface area contributed by atoms with Gasteiger partial charge < -0.3 is 19.3 Å². The van der Waals surface area contributed by atoms with E-state index in [9.17, 15) is 5.11 Å².